The molecule has 0 heterocycles. The summed E-state index contributed by atoms with van der Waals surface area (Å²) in [4.78, 5) is 36.0. The number of carbonyl (C=O) groups is 3. The number of amides is 2. The van der Waals surface area contributed by atoms with Gasteiger partial charge in [0, 0.05) is 18.2 Å². The van der Waals surface area contributed by atoms with E-state index in [0.29, 0.717) is 12.1 Å². The zero-order valence-electron chi connectivity index (χ0n) is 12.2. The smallest absolute Gasteiger partial charge is 0.305 e. The summed E-state index contributed by atoms with van der Waals surface area (Å²) in [6.45, 7) is 3.70. The third-order valence-electron chi connectivity index (χ3n) is 3.10. The first kappa shape index (κ1) is 16.7. The van der Waals surface area contributed by atoms with E-state index in [1.165, 1.54) is 4.90 Å². The Bertz CT molecular complexity index is 502. The molecular formula is C15H20N2O4. The Morgan fingerprint density at radius 1 is 1.24 bits per heavy atom. The van der Waals surface area contributed by atoms with Crippen LogP contribution in [0.4, 0.5) is 0 Å². The predicted octanol–water partition coefficient (Wildman–Crippen LogP) is 1.13. The zero-order chi connectivity index (χ0) is 15.8. The number of likely N-dealkylation sites (N-methyl/N-ethyl adjacent to an activating group) is 1. The van der Waals surface area contributed by atoms with Crippen molar-refractivity contribution < 1.29 is 19.5 Å². The third kappa shape index (κ3) is 5.25. The number of carboxylic acids is 1. The number of nitrogens with one attached hydrogen (secondary N) is 1. The van der Waals surface area contributed by atoms with Gasteiger partial charge in [-0.05, 0) is 26.0 Å². The van der Waals surface area contributed by atoms with Crippen LogP contribution in [0.5, 0.6) is 0 Å². The maximum absolute atomic E-state index is 12.1. The van der Waals surface area contributed by atoms with Crippen LogP contribution in [0.2, 0.25) is 0 Å². The summed E-state index contributed by atoms with van der Waals surface area (Å²) in [5.74, 6) is -1.58. The van der Waals surface area contributed by atoms with Crippen molar-refractivity contribution in [2.75, 3.05) is 13.1 Å². The summed E-state index contributed by atoms with van der Waals surface area (Å²) in [6.07, 6.45) is -0.119. The molecule has 0 radical (unpaired) electrons. The van der Waals surface area contributed by atoms with E-state index in [9.17, 15) is 14.4 Å². The highest BCUT2D eigenvalue weighted by molar-refractivity contribution is 5.96. The van der Waals surface area contributed by atoms with Gasteiger partial charge in [0.05, 0.1) is 13.0 Å². The lowest BCUT2D eigenvalue weighted by Crippen LogP contribution is -2.45. The largest absolute Gasteiger partial charge is 0.481 e. The summed E-state index contributed by atoms with van der Waals surface area (Å²) in [6, 6.07) is 8.19. The highest BCUT2D eigenvalue weighted by Gasteiger charge is 2.21. The van der Waals surface area contributed by atoms with Gasteiger partial charge in [0.1, 0.15) is 0 Å². The molecule has 6 nitrogen and oxygen atoms in total. The van der Waals surface area contributed by atoms with E-state index in [2.05, 4.69) is 5.32 Å². The van der Waals surface area contributed by atoms with Gasteiger partial charge in [0.15, 0.2) is 0 Å². The van der Waals surface area contributed by atoms with Crippen LogP contribution in [0.25, 0.3) is 0 Å². The Balaban J connectivity index is 2.55. The SMILES string of the molecule is CCN(C(=O)CNC(=O)c1ccccc1)C(C)CC(=O)O. The fourth-order valence-electron chi connectivity index (χ4n) is 2.05. The normalized spacial score (nSPS) is 11.5. The molecule has 2 N–H and O–H groups in total. The highest BCUT2D eigenvalue weighted by Crippen LogP contribution is 2.04. The average Bonchev–Trinajstić information content (AvgIpc) is 2.45. The van der Waals surface area contributed by atoms with Crippen LogP contribution in [0.3, 0.4) is 0 Å². The van der Waals surface area contributed by atoms with E-state index in [-0.39, 0.29) is 24.8 Å². The van der Waals surface area contributed by atoms with Crippen molar-refractivity contribution in [3.8, 4) is 0 Å². The topological polar surface area (TPSA) is 86.7 Å². The first-order chi connectivity index (χ1) is 9.95. The van der Waals surface area contributed by atoms with Crippen LogP contribution in [-0.4, -0.2) is 46.9 Å². The predicted molar refractivity (Wildman–Crippen MR) is 77.9 cm³/mol. The Hall–Kier alpha value is -2.37. The number of rotatable bonds is 7. The Morgan fingerprint density at radius 3 is 2.38 bits per heavy atom. The Morgan fingerprint density at radius 2 is 1.86 bits per heavy atom. The molecule has 21 heavy (non-hydrogen) atoms. The zero-order valence-corrected chi connectivity index (χ0v) is 12.2. The van der Waals surface area contributed by atoms with Gasteiger partial charge < -0.3 is 15.3 Å². The number of carbonyl (C=O) groups excluding carboxylic acids is 2. The minimum atomic E-state index is -0.956. The van der Waals surface area contributed by atoms with Gasteiger partial charge in [-0.25, -0.2) is 0 Å². The summed E-state index contributed by atoms with van der Waals surface area (Å²) >= 11 is 0. The van der Waals surface area contributed by atoms with E-state index >= 15 is 0 Å². The van der Waals surface area contributed by atoms with E-state index in [1.54, 1.807) is 44.2 Å². The number of benzene rings is 1. The van der Waals surface area contributed by atoms with Crippen molar-refractivity contribution in [3.63, 3.8) is 0 Å². The Kier molecular flexibility index (Phi) is 6.39. The first-order valence-electron chi connectivity index (χ1n) is 6.80. The van der Waals surface area contributed by atoms with Gasteiger partial charge in [-0.15, -0.1) is 0 Å². The first-order valence-corrected chi connectivity index (χ1v) is 6.80. The number of aliphatic carboxylic acids is 1. The summed E-state index contributed by atoms with van der Waals surface area (Å²) < 4.78 is 0. The van der Waals surface area contributed by atoms with Crippen LogP contribution in [0.15, 0.2) is 30.3 Å². The maximum atomic E-state index is 12.1. The fraction of sp³-hybridized carbons (Fsp3) is 0.400. The van der Waals surface area contributed by atoms with Gasteiger partial charge in [-0.3, -0.25) is 14.4 Å². The van der Waals surface area contributed by atoms with Gasteiger partial charge in [-0.1, -0.05) is 18.2 Å². The molecule has 0 saturated heterocycles. The quantitative estimate of drug-likeness (QED) is 0.788. The molecule has 1 rings (SSSR count). The molecule has 1 atom stereocenters. The monoisotopic (exact) mass is 292 g/mol. The van der Waals surface area contributed by atoms with Gasteiger partial charge in [0.25, 0.3) is 5.91 Å². The summed E-state index contributed by atoms with van der Waals surface area (Å²) in [7, 11) is 0. The van der Waals surface area contributed by atoms with Gasteiger partial charge in [0.2, 0.25) is 5.91 Å². The van der Waals surface area contributed by atoms with Gasteiger partial charge >= 0.3 is 5.97 Å². The second-order valence-electron chi connectivity index (χ2n) is 4.68. The molecule has 114 valence electrons. The van der Waals surface area contributed by atoms with Crippen LogP contribution >= 0.6 is 0 Å². The minimum Gasteiger partial charge on any atom is -0.481 e. The number of nitrogens with zero attached hydrogens (tertiary/aromatic N) is 1. The lowest BCUT2D eigenvalue weighted by Gasteiger charge is -2.27. The second kappa shape index (κ2) is 8.04. The van der Waals surface area contributed by atoms with Crippen molar-refractivity contribution in [2.24, 2.45) is 0 Å². The molecule has 1 unspecified atom stereocenters. The number of hydrogen-bond acceptors (Lipinski definition) is 3. The number of hydrogen-bond donors (Lipinski definition) is 2. The second-order valence-corrected chi connectivity index (χ2v) is 4.68. The average molecular weight is 292 g/mol. The van der Waals surface area contributed by atoms with E-state index in [0.717, 1.165) is 0 Å². The van der Waals surface area contributed by atoms with Crippen molar-refractivity contribution in [3.05, 3.63) is 35.9 Å². The molecule has 2 amide bonds. The standard InChI is InChI=1S/C15H20N2O4/c1-3-17(11(2)9-14(19)20)13(18)10-16-15(21)12-7-5-4-6-8-12/h4-8,11H,3,9-10H2,1-2H3,(H,16,21)(H,19,20). The van der Waals surface area contributed by atoms with E-state index in [4.69, 9.17) is 5.11 Å². The molecule has 0 bridgehead atoms. The molecular weight excluding hydrogens is 272 g/mol. The van der Waals surface area contributed by atoms with E-state index in [1.807, 2.05) is 0 Å². The molecule has 1 aromatic rings. The molecule has 1 aromatic carbocycles. The maximum Gasteiger partial charge on any atom is 0.305 e. The molecule has 0 aliphatic carbocycles. The molecule has 0 aliphatic heterocycles. The van der Waals surface area contributed by atoms with Crippen molar-refractivity contribution in [2.45, 2.75) is 26.3 Å². The highest BCUT2D eigenvalue weighted by atomic mass is 16.4. The molecule has 0 aliphatic rings. The lowest BCUT2D eigenvalue weighted by molar-refractivity contribution is -0.140. The summed E-state index contributed by atoms with van der Waals surface area (Å²) in [5.41, 5.74) is 0.479. The third-order valence-corrected chi connectivity index (χ3v) is 3.10. The fourth-order valence-corrected chi connectivity index (χ4v) is 2.05. The molecule has 0 aromatic heterocycles. The van der Waals surface area contributed by atoms with E-state index < -0.39 is 12.0 Å². The van der Waals surface area contributed by atoms with Crippen molar-refractivity contribution in [1.29, 1.82) is 0 Å². The van der Waals surface area contributed by atoms with Gasteiger partial charge in [-0.2, -0.15) is 0 Å². The molecule has 0 saturated carbocycles. The van der Waals surface area contributed by atoms with Crippen LogP contribution < -0.4 is 5.32 Å². The van der Waals surface area contributed by atoms with Crippen LogP contribution in [0.1, 0.15) is 30.6 Å². The minimum absolute atomic E-state index is 0.119. The lowest BCUT2D eigenvalue weighted by atomic mass is 10.2. The molecule has 0 fully saturated rings. The van der Waals surface area contributed by atoms with Crippen molar-refractivity contribution in [1.82, 2.24) is 10.2 Å². The summed E-state index contributed by atoms with van der Waals surface area (Å²) in [5, 5.41) is 11.3. The van der Waals surface area contributed by atoms with Crippen molar-refractivity contribution >= 4 is 17.8 Å². The Labute approximate surface area is 123 Å². The molecule has 6 heteroatoms. The van der Waals surface area contributed by atoms with Crippen LogP contribution in [-0.2, 0) is 9.59 Å². The molecule has 0 spiro atoms. The van der Waals surface area contributed by atoms with Crippen LogP contribution in [0, 0.1) is 0 Å². The number of carboxylic acid groups (broad SMARTS) is 1.